The van der Waals surface area contributed by atoms with E-state index in [2.05, 4.69) is 61.8 Å². The minimum Gasteiger partial charge on any atom is -0.314 e. The highest BCUT2D eigenvalue weighted by Crippen LogP contribution is 2.60. The Morgan fingerprint density at radius 2 is 1.88 bits per heavy atom. The molecule has 1 aromatic carbocycles. The molecule has 4 aliphatic rings. The fourth-order valence-electron chi connectivity index (χ4n) is 7.77. The standard InChI is InChI=1S/C24H35NSi/c1-16-13-19-14-18-8-6-12-25-22(18)15-21(19)24(16)26(2,3)23-11-10-17-7-4-5-9-20(17)23/h4-5,7,9-11,16,18-19,21-25H,6,8,12-15H2,1-3H3. The lowest BCUT2D eigenvalue weighted by atomic mass is 9.70. The minimum absolute atomic E-state index is 0.724. The summed E-state index contributed by atoms with van der Waals surface area (Å²) in [6, 6.07) is 10.00. The molecule has 140 valence electrons. The lowest BCUT2D eigenvalue weighted by Crippen LogP contribution is -2.50. The predicted octanol–water partition coefficient (Wildman–Crippen LogP) is 5.85. The molecule has 0 spiro atoms. The first-order valence-electron chi connectivity index (χ1n) is 11.1. The molecule has 26 heavy (non-hydrogen) atoms. The van der Waals surface area contributed by atoms with E-state index in [1.54, 1.807) is 5.56 Å². The lowest BCUT2D eigenvalue weighted by Gasteiger charge is -2.47. The molecule has 5 rings (SSSR count). The van der Waals surface area contributed by atoms with Crippen molar-refractivity contribution < 1.29 is 0 Å². The highest BCUT2D eigenvalue weighted by molar-refractivity contribution is 6.81. The molecule has 0 bridgehead atoms. The fourth-order valence-corrected chi connectivity index (χ4v) is 13.0. The van der Waals surface area contributed by atoms with Gasteiger partial charge in [-0.25, -0.2) is 0 Å². The number of rotatable bonds is 2. The van der Waals surface area contributed by atoms with E-state index in [0.717, 1.165) is 40.8 Å². The van der Waals surface area contributed by atoms with Gasteiger partial charge in [-0.1, -0.05) is 56.4 Å². The Morgan fingerprint density at radius 3 is 2.77 bits per heavy atom. The summed E-state index contributed by atoms with van der Waals surface area (Å²) in [6.07, 6.45) is 12.4. The van der Waals surface area contributed by atoms with E-state index in [4.69, 9.17) is 0 Å². The largest absolute Gasteiger partial charge is 0.314 e. The smallest absolute Gasteiger partial charge is 0.0632 e. The number of nitrogens with one attached hydrogen (secondary N) is 1. The highest BCUT2D eigenvalue weighted by atomic mass is 28.3. The van der Waals surface area contributed by atoms with Gasteiger partial charge in [0.1, 0.15) is 0 Å². The Labute approximate surface area is 160 Å². The van der Waals surface area contributed by atoms with Crippen molar-refractivity contribution in [2.24, 2.45) is 23.7 Å². The summed E-state index contributed by atoms with van der Waals surface area (Å²) in [6.45, 7) is 9.29. The van der Waals surface area contributed by atoms with Gasteiger partial charge in [0.15, 0.2) is 0 Å². The zero-order valence-electron chi connectivity index (χ0n) is 16.7. The lowest BCUT2D eigenvalue weighted by molar-refractivity contribution is 0.126. The van der Waals surface area contributed by atoms with E-state index >= 15 is 0 Å². The van der Waals surface area contributed by atoms with Gasteiger partial charge in [-0.3, -0.25) is 0 Å². The van der Waals surface area contributed by atoms with Crippen molar-refractivity contribution in [3.05, 3.63) is 41.5 Å². The van der Waals surface area contributed by atoms with Crippen molar-refractivity contribution in [3.63, 3.8) is 0 Å². The topological polar surface area (TPSA) is 12.0 Å². The zero-order chi connectivity index (χ0) is 17.9. The Balaban J connectivity index is 1.44. The van der Waals surface area contributed by atoms with Crippen LogP contribution in [0.3, 0.4) is 0 Å². The summed E-state index contributed by atoms with van der Waals surface area (Å²) >= 11 is 0. The summed E-state index contributed by atoms with van der Waals surface area (Å²) in [5.41, 5.74) is 4.82. The average Bonchev–Trinajstić information content (AvgIpc) is 3.20. The van der Waals surface area contributed by atoms with Crippen LogP contribution in [-0.4, -0.2) is 20.7 Å². The van der Waals surface area contributed by atoms with E-state index in [0.29, 0.717) is 0 Å². The van der Waals surface area contributed by atoms with Crippen LogP contribution in [0.4, 0.5) is 0 Å². The van der Waals surface area contributed by atoms with E-state index in [9.17, 15) is 0 Å². The first-order valence-corrected chi connectivity index (χ1v) is 14.2. The molecule has 1 N–H and O–H groups in total. The normalized spacial score (nSPS) is 41.6. The second-order valence-electron chi connectivity index (χ2n) is 10.4. The third-order valence-corrected chi connectivity index (χ3v) is 13.5. The van der Waals surface area contributed by atoms with Gasteiger partial charge in [0.2, 0.25) is 0 Å². The number of piperidine rings is 1. The Morgan fingerprint density at radius 1 is 1.04 bits per heavy atom. The average molecular weight is 366 g/mol. The van der Waals surface area contributed by atoms with E-state index < -0.39 is 8.07 Å². The zero-order valence-corrected chi connectivity index (χ0v) is 17.7. The quantitative estimate of drug-likeness (QED) is 0.648. The molecule has 7 unspecified atom stereocenters. The fraction of sp³-hybridized carbons (Fsp3) is 0.667. The molecule has 1 aromatic rings. The molecule has 1 aliphatic heterocycles. The van der Waals surface area contributed by atoms with Crippen LogP contribution < -0.4 is 5.32 Å². The molecule has 7 atom stereocenters. The SMILES string of the molecule is CC1CC2CC3CCCNC3CC2C1[Si](C)(C)C1C=Cc2ccccc21. The molecule has 0 amide bonds. The maximum Gasteiger partial charge on any atom is 0.0632 e. The number of hydrogen-bond acceptors (Lipinski definition) is 1. The van der Waals surface area contributed by atoms with Gasteiger partial charge in [0.05, 0.1) is 8.07 Å². The molecule has 1 saturated heterocycles. The third kappa shape index (κ3) is 2.59. The first-order chi connectivity index (χ1) is 12.6. The second-order valence-corrected chi connectivity index (χ2v) is 15.3. The molecule has 1 nitrogen and oxygen atoms in total. The highest BCUT2D eigenvalue weighted by Gasteiger charge is 2.55. The predicted molar refractivity (Wildman–Crippen MR) is 114 cm³/mol. The minimum atomic E-state index is -1.43. The number of allylic oxidation sites excluding steroid dienone is 1. The summed E-state index contributed by atoms with van der Waals surface area (Å²) in [7, 11) is -1.43. The third-order valence-electron chi connectivity index (χ3n) is 8.67. The van der Waals surface area contributed by atoms with E-state index in [-0.39, 0.29) is 0 Å². The molecular weight excluding hydrogens is 330 g/mol. The van der Waals surface area contributed by atoms with E-state index in [1.807, 2.05) is 0 Å². The van der Waals surface area contributed by atoms with Gasteiger partial charge < -0.3 is 5.32 Å². The van der Waals surface area contributed by atoms with Crippen molar-refractivity contribution >= 4 is 14.1 Å². The number of fused-ring (bicyclic) bond motifs is 3. The molecule has 3 aliphatic carbocycles. The molecule has 1 heterocycles. The van der Waals surface area contributed by atoms with Gasteiger partial charge >= 0.3 is 0 Å². The summed E-state index contributed by atoms with van der Waals surface area (Å²) in [5, 5.41) is 3.91. The van der Waals surface area contributed by atoms with Crippen LogP contribution in [0.2, 0.25) is 18.6 Å². The molecule has 2 heteroatoms. The van der Waals surface area contributed by atoms with Gasteiger partial charge in [0, 0.05) is 6.04 Å². The van der Waals surface area contributed by atoms with Crippen molar-refractivity contribution in [1.29, 1.82) is 0 Å². The van der Waals surface area contributed by atoms with Crippen LogP contribution in [0.15, 0.2) is 30.3 Å². The van der Waals surface area contributed by atoms with Crippen LogP contribution in [0.5, 0.6) is 0 Å². The molecule has 0 radical (unpaired) electrons. The first kappa shape index (κ1) is 17.2. The van der Waals surface area contributed by atoms with Crippen LogP contribution in [-0.2, 0) is 0 Å². The summed E-state index contributed by atoms with van der Waals surface area (Å²) in [5.74, 6) is 3.91. The van der Waals surface area contributed by atoms with Crippen LogP contribution in [0.1, 0.15) is 55.7 Å². The second kappa shape index (κ2) is 6.34. The van der Waals surface area contributed by atoms with Crippen molar-refractivity contribution in [2.45, 2.75) is 69.2 Å². The molecular formula is C24H35NSi. The Kier molecular flexibility index (Phi) is 4.21. The van der Waals surface area contributed by atoms with Crippen LogP contribution in [0.25, 0.3) is 6.08 Å². The Bertz CT molecular complexity index is 708. The number of benzene rings is 1. The Hall–Kier alpha value is -0.863. The molecule has 0 aromatic heterocycles. The molecule has 2 saturated carbocycles. The monoisotopic (exact) mass is 365 g/mol. The maximum absolute atomic E-state index is 3.91. The van der Waals surface area contributed by atoms with E-state index in [1.165, 1.54) is 44.2 Å². The van der Waals surface area contributed by atoms with Gasteiger partial charge in [0.25, 0.3) is 0 Å². The van der Waals surface area contributed by atoms with Crippen LogP contribution >= 0.6 is 0 Å². The van der Waals surface area contributed by atoms with Crippen molar-refractivity contribution in [3.8, 4) is 0 Å². The van der Waals surface area contributed by atoms with Gasteiger partial charge in [-0.15, -0.1) is 0 Å². The maximum atomic E-state index is 3.91. The van der Waals surface area contributed by atoms with Gasteiger partial charge in [-0.2, -0.15) is 0 Å². The van der Waals surface area contributed by atoms with Crippen molar-refractivity contribution in [2.75, 3.05) is 6.54 Å². The van der Waals surface area contributed by atoms with Crippen LogP contribution in [0, 0.1) is 23.7 Å². The summed E-state index contributed by atoms with van der Waals surface area (Å²) in [4.78, 5) is 0. The van der Waals surface area contributed by atoms with Gasteiger partial charge in [-0.05, 0) is 84.5 Å². The van der Waals surface area contributed by atoms with Crippen molar-refractivity contribution in [1.82, 2.24) is 5.32 Å². The number of hydrogen-bond donors (Lipinski definition) is 1. The molecule has 3 fully saturated rings. The summed E-state index contributed by atoms with van der Waals surface area (Å²) < 4.78 is 0.